The lowest BCUT2D eigenvalue weighted by atomic mass is 10.1. The van der Waals surface area contributed by atoms with Crippen LogP contribution in [0.25, 0.3) is 11.3 Å². The molecular formula is C21H22N2O4. The number of hydrogen-bond acceptors (Lipinski definition) is 5. The smallest absolute Gasteiger partial charge is 0.226 e. The molecule has 1 amide bonds. The van der Waals surface area contributed by atoms with Crippen LogP contribution in [-0.4, -0.2) is 25.3 Å². The normalized spacial score (nSPS) is 10.5. The molecule has 1 aromatic heterocycles. The molecule has 0 saturated carbocycles. The maximum absolute atomic E-state index is 12.2. The molecule has 27 heavy (non-hydrogen) atoms. The summed E-state index contributed by atoms with van der Waals surface area (Å²) in [5.74, 6) is 1.69. The predicted molar refractivity (Wildman–Crippen MR) is 102 cm³/mol. The Labute approximate surface area is 158 Å². The Hall–Kier alpha value is -3.28. The first-order valence-corrected chi connectivity index (χ1v) is 8.59. The van der Waals surface area contributed by atoms with E-state index in [-0.39, 0.29) is 12.3 Å². The molecule has 1 heterocycles. The number of methoxy groups -OCH3 is 2. The van der Waals surface area contributed by atoms with E-state index in [2.05, 4.69) is 10.5 Å². The van der Waals surface area contributed by atoms with Crippen LogP contribution in [0.4, 0.5) is 0 Å². The second-order valence-corrected chi connectivity index (χ2v) is 6.19. The first-order chi connectivity index (χ1) is 13.1. The Kier molecular flexibility index (Phi) is 5.76. The van der Waals surface area contributed by atoms with Gasteiger partial charge in [0.25, 0.3) is 0 Å². The number of ether oxygens (including phenoxy) is 2. The summed E-state index contributed by atoms with van der Waals surface area (Å²) in [5.41, 5.74) is 3.61. The van der Waals surface area contributed by atoms with E-state index in [1.54, 1.807) is 32.4 Å². The Bertz CT molecular complexity index is 916. The first kappa shape index (κ1) is 18.5. The van der Waals surface area contributed by atoms with Crippen LogP contribution in [0.5, 0.6) is 11.5 Å². The summed E-state index contributed by atoms with van der Waals surface area (Å²) in [6.07, 6.45) is 0.155. The fraction of sp³-hybridized carbons (Fsp3) is 0.238. The highest BCUT2D eigenvalue weighted by Crippen LogP contribution is 2.32. The monoisotopic (exact) mass is 366 g/mol. The predicted octanol–water partition coefficient (Wildman–Crippen LogP) is 3.53. The van der Waals surface area contributed by atoms with Gasteiger partial charge in [0, 0.05) is 18.2 Å². The third-order valence-corrected chi connectivity index (χ3v) is 4.18. The summed E-state index contributed by atoms with van der Waals surface area (Å²) in [7, 11) is 3.16. The molecule has 0 bridgehead atoms. The van der Waals surface area contributed by atoms with E-state index in [1.807, 2.05) is 37.3 Å². The van der Waals surface area contributed by atoms with Crippen LogP contribution in [0.3, 0.4) is 0 Å². The molecule has 0 spiro atoms. The Morgan fingerprint density at radius 1 is 1.04 bits per heavy atom. The lowest BCUT2D eigenvalue weighted by Crippen LogP contribution is -2.24. The topological polar surface area (TPSA) is 73.6 Å². The molecule has 0 aliphatic rings. The van der Waals surface area contributed by atoms with Crippen LogP contribution in [0.15, 0.2) is 53.1 Å². The molecule has 0 fully saturated rings. The third kappa shape index (κ3) is 4.67. The molecule has 6 heteroatoms. The Balaban J connectivity index is 1.62. The molecule has 0 radical (unpaired) electrons. The van der Waals surface area contributed by atoms with Gasteiger partial charge >= 0.3 is 0 Å². The van der Waals surface area contributed by atoms with E-state index in [0.29, 0.717) is 29.5 Å². The van der Waals surface area contributed by atoms with Crippen LogP contribution < -0.4 is 14.8 Å². The minimum absolute atomic E-state index is 0.109. The molecule has 1 N–H and O–H groups in total. The van der Waals surface area contributed by atoms with E-state index < -0.39 is 0 Å². The quantitative estimate of drug-likeness (QED) is 0.692. The van der Waals surface area contributed by atoms with Gasteiger partial charge in [-0.25, -0.2) is 0 Å². The first-order valence-electron chi connectivity index (χ1n) is 8.59. The number of hydrogen-bond donors (Lipinski definition) is 1. The number of nitrogens with zero attached hydrogens (tertiary/aromatic N) is 1. The van der Waals surface area contributed by atoms with Crippen LogP contribution in [0, 0.1) is 6.92 Å². The van der Waals surface area contributed by atoms with Crippen LogP contribution >= 0.6 is 0 Å². The molecule has 0 saturated heterocycles. The van der Waals surface area contributed by atoms with Gasteiger partial charge in [-0.3, -0.25) is 4.79 Å². The van der Waals surface area contributed by atoms with Crippen molar-refractivity contribution >= 4 is 5.91 Å². The van der Waals surface area contributed by atoms with Crippen molar-refractivity contribution in [2.45, 2.75) is 19.9 Å². The van der Waals surface area contributed by atoms with Crippen LogP contribution in [0.1, 0.15) is 16.8 Å². The number of carbonyl (C=O) groups is 1. The van der Waals surface area contributed by atoms with Crippen LogP contribution in [0.2, 0.25) is 0 Å². The van der Waals surface area contributed by atoms with E-state index in [4.69, 9.17) is 14.0 Å². The lowest BCUT2D eigenvalue weighted by molar-refractivity contribution is -0.120. The van der Waals surface area contributed by atoms with Crippen molar-refractivity contribution in [1.82, 2.24) is 10.5 Å². The molecule has 140 valence electrons. The standard InChI is InChI=1S/C21H22N2O4/c1-14-4-6-15(7-5-14)13-22-21(24)12-17-11-19(27-23-17)16-8-9-18(25-2)20(10-16)26-3/h4-11H,12-13H2,1-3H3,(H,22,24). The second-order valence-electron chi connectivity index (χ2n) is 6.19. The molecule has 0 atom stereocenters. The summed E-state index contributed by atoms with van der Waals surface area (Å²) >= 11 is 0. The summed E-state index contributed by atoms with van der Waals surface area (Å²) in [6, 6.07) is 15.3. The van der Waals surface area contributed by atoms with Gasteiger partial charge in [-0.2, -0.15) is 0 Å². The zero-order valence-corrected chi connectivity index (χ0v) is 15.6. The largest absolute Gasteiger partial charge is 0.493 e. The third-order valence-electron chi connectivity index (χ3n) is 4.18. The summed E-state index contributed by atoms with van der Waals surface area (Å²) in [6.45, 7) is 2.52. The van der Waals surface area contributed by atoms with Crippen LogP contribution in [-0.2, 0) is 17.8 Å². The highest BCUT2D eigenvalue weighted by atomic mass is 16.5. The number of amides is 1. The summed E-state index contributed by atoms with van der Waals surface area (Å²) in [5, 5.41) is 6.88. The fourth-order valence-corrected chi connectivity index (χ4v) is 2.65. The van der Waals surface area contributed by atoms with Crippen molar-refractivity contribution in [3.05, 3.63) is 65.4 Å². The minimum atomic E-state index is -0.109. The highest BCUT2D eigenvalue weighted by Gasteiger charge is 2.13. The van der Waals surface area contributed by atoms with Gasteiger partial charge in [0.15, 0.2) is 17.3 Å². The van der Waals surface area contributed by atoms with Gasteiger partial charge in [-0.1, -0.05) is 35.0 Å². The zero-order valence-electron chi connectivity index (χ0n) is 15.6. The van der Waals surface area contributed by atoms with Crippen molar-refractivity contribution in [2.24, 2.45) is 0 Å². The molecule has 3 aromatic rings. The average molecular weight is 366 g/mol. The van der Waals surface area contributed by atoms with Crippen molar-refractivity contribution in [2.75, 3.05) is 14.2 Å². The molecular weight excluding hydrogens is 344 g/mol. The summed E-state index contributed by atoms with van der Waals surface area (Å²) < 4.78 is 15.9. The number of benzene rings is 2. The number of nitrogens with one attached hydrogen (secondary N) is 1. The maximum Gasteiger partial charge on any atom is 0.226 e. The minimum Gasteiger partial charge on any atom is -0.493 e. The zero-order chi connectivity index (χ0) is 19.2. The van der Waals surface area contributed by atoms with Crippen molar-refractivity contribution in [1.29, 1.82) is 0 Å². The number of aryl methyl sites for hydroxylation is 1. The highest BCUT2D eigenvalue weighted by molar-refractivity contribution is 5.78. The van der Waals surface area contributed by atoms with E-state index in [1.165, 1.54) is 5.56 Å². The van der Waals surface area contributed by atoms with E-state index in [9.17, 15) is 4.79 Å². The number of carbonyl (C=O) groups excluding carboxylic acids is 1. The number of rotatable bonds is 7. The van der Waals surface area contributed by atoms with Gasteiger partial charge in [0.1, 0.15) is 0 Å². The summed E-state index contributed by atoms with van der Waals surface area (Å²) in [4.78, 5) is 12.2. The van der Waals surface area contributed by atoms with Crippen molar-refractivity contribution in [3.8, 4) is 22.8 Å². The van der Waals surface area contributed by atoms with E-state index >= 15 is 0 Å². The van der Waals surface area contributed by atoms with Gasteiger partial charge < -0.3 is 19.3 Å². The molecule has 3 rings (SSSR count). The van der Waals surface area contributed by atoms with Gasteiger partial charge in [0.05, 0.1) is 26.3 Å². The fourth-order valence-electron chi connectivity index (χ4n) is 2.65. The Morgan fingerprint density at radius 2 is 1.78 bits per heavy atom. The average Bonchev–Trinajstić information content (AvgIpc) is 3.15. The van der Waals surface area contributed by atoms with E-state index in [0.717, 1.165) is 11.1 Å². The maximum atomic E-state index is 12.2. The van der Waals surface area contributed by atoms with Gasteiger partial charge in [-0.15, -0.1) is 0 Å². The SMILES string of the molecule is COc1ccc(-c2cc(CC(=O)NCc3ccc(C)cc3)no2)cc1OC. The lowest BCUT2D eigenvalue weighted by Gasteiger charge is -2.07. The Morgan fingerprint density at radius 3 is 2.48 bits per heavy atom. The second kappa shape index (κ2) is 8.40. The van der Waals surface area contributed by atoms with Crippen molar-refractivity contribution < 1.29 is 18.8 Å². The molecule has 0 aliphatic heterocycles. The number of aromatic nitrogens is 1. The molecule has 2 aromatic carbocycles. The van der Waals surface area contributed by atoms with Gasteiger partial charge in [0.2, 0.25) is 5.91 Å². The molecule has 0 aliphatic carbocycles. The van der Waals surface area contributed by atoms with Gasteiger partial charge in [-0.05, 0) is 30.7 Å². The molecule has 0 unspecified atom stereocenters. The van der Waals surface area contributed by atoms with Crippen molar-refractivity contribution in [3.63, 3.8) is 0 Å². The molecule has 6 nitrogen and oxygen atoms in total.